The lowest BCUT2D eigenvalue weighted by atomic mass is 9.80. The summed E-state index contributed by atoms with van der Waals surface area (Å²) in [6, 6.07) is 22.6. The SMILES string of the molecule is CN1CCCC1.[B][C@@H](C(=O)Oc1ccccc1)c1ccc2ccccc2c1. The standard InChI is InChI=1S/C18H13BO2.C5H11N/c19-17(18(20)21-16-8-2-1-3-9-16)15-11-10-13-6-4-5-7-14(13)12-15;1-6-4-2-3-5-6/h1-12,17H;2-5H2,1H3/t17-;/m1./s1. The topological polar surface area (TPSA) is 29.5 Å². The molecule has 136 valence electrons. The molecule has 0 N–H and O–H groups in total. The van der Waals surface area contributed by atoms with Crippen molar-refractivity contribution in [1.29, 1.82) is 0 Å². The summed E-state index contributed by atoms with van der Waals surface area (Å²) in [5, 5.41) is 2.17. The highest BCUT2D eigenvalue weighted by Crippen LogP contribution is 2.22. The second-order valence-corrected chi connectivity index (χ2v) is 6.83. The molecule has 1 aliphatic rings. The first kappa shape index (κ1) is 19.2. The van der Waals surface area contributed by atoms with E-state index in [-0.39, 0.29) is 0 Å². The van der Waals surface area contributed by atoms with E-state index in [0.29, 0.717) is 5.75 Å². The van der Waals surface area contributed by atoms with E-state index < -0.39 is 11.8 Å². The van der Waals surface area contributed by atoms with Crippen LogP contribution in [0.25, 0.3) is 10.8 Å². The first-order valence-corrected chi connectivity index (χ1v) is 9.33. The maximum absolute atomic E-state index is 12.1. The zero-order chi connectivity index (χ0) is 19.1. The van der Waals surface area contributed by atoms with Crippen molar-refractivity contribution in [2.45, 2.75) is 18.7 Å². The molecule has 1 saturated heterocycles. The average molecular weight is 357 g/mol. The number of rotatable bonds is 3. The monoisotopic (exact) mass is 357 g/mol. The van der Waals surface area contributed by atoms with Gasteiger partial charge in [0, 0.05) is 5.82 Å². The van der Waals surface area contributed by atoms with E-state index in [4.69, 9.17) is 12.6 Å². The molecule has 1 atom stereocenters. The fourth-order valence-electron chi connectivity index (χ4n) is 3.08. The predicted molar refractivity (Wildman–Crippen MR) is 111 cm³/mol. The molecule has 1 aliphatic heterocycles. The number of carbonyl (C=O) groups excluding carboxylic acids is 1. The number of benzene rings is 3. The van der Waals surface area contributed by atoms with Gasteiger partial charge >= 0.3 is 5.97 Å². The molecule has 3 aromatic rings. The van der Waals surface area contributed by atoms with Gasteiger partial charge in [-0.15, -0.1) is 0 Å². The minimum Gasteiger partial charge on any atom is -0.427 e. The number of fused-ring (bicyclic) bond motifs is 1. The van der Waals surface area contributed by atoms with E-state index >= 15 is 0 Å². The second-order valence-electron chi connectivity index (χ2n) is 6.83. The lowest BCUT2D eigenvalue weighted by molar-refractivity contribution is -0.134. The van der Waals surface area contributed by atoms with Crippen LogP contribution >= 0.6 is 0 Å². The highest BCUT2D eigenvalue weighted by Gasteiger charge is 2.17. The Hall–Kier alpha value is -2.59. The van der Waals surface area contributed by atoms with Crippen molar-refractivity contribution >= 4 is 24.6 Å². The maximum atomic E-state index is 12.1. The van der Waals surface area contributed by atoms with E-state index in [1.54, 1.807) is 12.1 Å². The Morgan fingerprint density at radius 2 is 1.56 bits per heavy atom. The van der Waals surface area contributed by atoms with Crippen LogP contribution in [-0.4, -0.2) is 38.9 Å². The zero-order valence-corrected chi connectivity index (χ0v) is 15.7. The highest BCUT2D eigenvalue weighted by atomic mass is 16.5. The van der Waals surface area contributed by atoms with Gasteiger partial charge in [-0.1, -0.05) is 60.7 Å². The van der Waals surface area contributed by atoms with Gasteiger partial charge in [0.1, 0.15) is 5.75 Å². The Morgan fingerprint density at radius 1 is 0.926 bits per heavy atom. The Bertz CT molecular complexity index is 876. The van der Waals surface area contributed by atoms with Crippen LogP contribution in [0.5, 0.6) is 5.75 Å². The van der Waals surface area contributed by atoms with Gasteiger partial charge in [-0.2, -0.15) is 0 Å². The predicted octanol–water partition coefficient (Wildman–Crippen LogP) is 4.37. The highest BCUT2D eigenvalue weighted by molar-refractivity contribution is 6.23. The molecule has 4 rings (SSSR count). The summed E-state index contributed by atoms with van der Waals surface area (Å²) < 4.78 is 5.28. The van der Waals surface area contributed by atoms with Crippen LogP contribution in [0.1, 0.15) is 24.2 Å². The number of ether oxygens (including phenoxy) is 1. The molecule has 4 heteroatoms. The van der Waals surface area contributed by atoms with Crippen molar-refractivity contribution in [3.63, 3.8) is 0 Å². The molecule has 0 saturated carbocycles. The molecule has 1 heterocycles. The van der Waals surface area contributed by atoms with Crippen molar-refractivity contribution in [3.05, 3.63) is 78.4 Å². The smallest absolute Gasteiger partial charge is 0.309 e. The summed E-state index contributed by atoms with van der Waals surface area (Å²) in [7, 11) is 8.18. The van der Waals surface area contributed by atoms with Crippen LogP contribution in [0.3, 0.4) is 0 Å². The van der Waals surface area contributed by atoms with E-state index in [9.17, 15) is 4.79 Å². The van der Waals surface area contributed by atoms with E-state index in [2.05, 4.69) is 11.9 Å². The molecule has 0 aromatic heterocycles. The first-order valence-electron chi connectivity index (χ1n) is 9.33. The van der Waals surface area contributed by atoms with Gasteiger partial charge in [0.15, 0.2) is 0 Å². The number of para-hydroxylation sites is 1. The van der Waals surface area contributed by atoms with Gasteiger partial charge in [-0.25, -0.2) is 0 Å². The molecule has 0 bridgehead atoms. The summed E-state index contributed by atoms with van der Waals surface area (Å²) in [4.78, 5) is 14.5. The van der Waals surface area contributed by atoms with Crippen molar-refractivity contribution in [1.82, 2.24) is 4.90 Å². The summed E-state index contributed by atoms with van der Waals surface area (Å²) in [5.74, 6) is -0.759. The first-order chi connectivity index (χ1) is 13.1. The van der Waals surface area contributed by atoms with Crippen LogP contribution in [0.2, 0.25) is 0 Å². The molecule has 3 nitrogen and oxygen atoms in total. The molecule has 27 heavy (non-hydrogen) atoms. The molecule has 2 radical (unpaired) electrons. The van der Waals surface area contributed by atoms with Crippen molar-refractivity contribution in [3.8, 4) is 5.75 Å². The minimum absolute atomic E-state index is 0.462. The molecule has 0 unspecified atom stereocenters. The number of esters is 1. The van der Waals surface area contributed by atoms with Gasteiger partial charge in [0.05, 0.1) is 7.85 Å². The number of hydrogen-bond acceptors (Lipinski definition) is 3. The summed E-state index contributed by atoms with van der Waals surface area (Å²) in [5.41, 5.74) is 0.745. The van der Waals surface area contributed by atoms with Crippen molar-refractivity contribution in [2.75, 3.05) is 20.1 Å². The number of carbonyl (C=O) groups is 1. The lowest BCUT2D eigenvalue weighted by Crippen LogP contribution is -2.18. The third-order valence-electron chi connectivity index (χ3n) is 4.68. The van der Waals surface area contributed by atoms with Gasteiger partial charge in [-0.05, 0) is 61.4 Å². The second kappa shape index (κ2) is 9.38. The van der Waals surface area contributed by atoms with Crippen molar-refractivity contribution in [2.24, 2.45) is 0 Å². The van der Waals surface area contributed by atoms with E-state index in [0.717, 1.165) is 16.3 Å². The summed E-state index contributed by atoms with van der Waals surface area (Å²) in [6.45, 7) is 2.64. The Morgan fingerprint density at radius 3 is 2.19 bits per heavy atom. The molecule has 0 spiro atoms. The third-order valence-corrected chi connectivity index (χ3v) is 4.68. The lowest BCUT2D eigenvalue weighted by Gasteiger charge is -2.12. The normalized spacial score (nSPS) is 15.0. The Labute approximate surface area is 162 Å². The molecular weight excluding hydrogens is 333 g/mol. The van der Waals surface area contributed by atoms with Crippen molar-refractivity contribution < 1.29 is 9.53 Å². The Kier molecular flexibility index (Phi) is 6.66. The van der Waals surface area contributed by atoms with Crippen LogP contribution < -0.4 is 4.74 Å². The minimum atomic E-state index is -0.796. The van der Waals surface area contributed by atoms with Gasteiger partial charge in [-0.3, -0.25) is 4.79 Å². The Balaban J connectivity index is 0.000000299. The molecule has 3 aromatic carbocycles. The van der Waals surface area contributed by atoms with E-state index in [1.165, 1.54) is 25.9 Å². The summed E-state index contributed by atoms with van der Waals surface area (Å²) in [6.07, 6.45) is 2.83. The molecular formula is C23H24BNO2. The molecule has 0 amide bonds. The van der Waals surface area contributed by atoms with E-state index in [1.807, 2.05) is 60.7 Å². The third kappa shape index (κ3) is 5.44. The van der Waals surface area contributed by atoms with Gasteiger partial charge in [0.2, 0.25) is 0 Å². The van der Waals surface area contributed by atoms with Crippen LogP contribution in [-0.2, 0) is 4.79 Å². The molecule has 0 aliphatic carbocycles. The van der Waals surface area contributed by atoms with Gasteiger partial charge < -0.3 is 9.64 Å². The fraction of sp³-hybridized carbons (Fsp3) is 0.261. The number of nitrogens with zero attached hydrogens (tertiary/aromatic N) is 1. The number of likely N-dealkylation sites (tertiary alicyclic amines) is 1. The zero-order valence-electron chi connectivity index (χ0n) is 15.7. The van der Waals surface area contributed by atoms with Crippen LogP contribution in [0.4, 0.5) is 0 Å². The largest absolute Gasteiger partial charge is 0.427 e. The van der Waals surface area contributed by atoms with Crippen LogP contribution in [0, 0.1) is 0 Å². The quantitative estimate of drug-likeness (QED) is 0.396. The average Bonchev–Trinajstić information content (AvgIpc) is 3.19. The van der Waals surface area contributed by atoms with Crippen LogP contribution in [0.15, 0.2) is 72.8 Å². The summed E-state index contributed by atoms with van der Waals surface area (Å²) >= 11 is 0. The maximum Gasteiger partial charge on any atom is 0.309 e. The van der Waals surface area contributed by atoms with Gasteiger partial charge in [0.25, 0.3) is 0 Å². The number of hydrogen-bond donors (Lipinski definition) is 0. The molecule has 1 fully saturated rings. The fourth-order valence-corrected chi connectivity index (χ4v) is 3.08.